The first kappa shape index (κ1) is 16.7. The molecule has 128 valence electrons. The minimum Gasteiger partial charge on any atom is -0.481 e. The largest absolute Gasteiger partial charge is 0.481 e. The van der Waals surface area contributed by atoms with Crippen molar-refractivity contribution in [1.82, 2.24) is 9.97 Å². The second-order valence-corrected chi connectivity index (χ2v) is 6.71. The predicted molar refractivity (Wildman–Crippen MR) is 94.4 cm³/mol. The Kier molecular flexibility index (Phi) is 5.00. The van der Waals surface area contributed by atoms with Crippen LogP contribution in [0.5, 0.6) is 5.88 Å². The lowest BCUT2D eigenvalue weighted by Crippen LogP contribution is -2.47. The molecule has 1 aliphatic rings. The first-order chi connectivity index (χ1) is 11.7. The van der Waals surface area contributed by atoms with Gasteiger partial charge in [-0.2, -0.15) is 0 Å². The number of aliphatic hydroxyl groups excluding tert-OH is 1. The minimum atomic E-state index is -0.136. The van der Waals surface area contributed by atoms with Crippen molar-refractivity contribution in [2.45, 2.75) is 26.2 Å². The highest BCUT2D eigenvalue weighted by molar-refractivity contribution is 5.42. The molecule has 2 aromatic rings. The molecule has 0 saturated carbocycles. The highest BCUT2D eigenvalue weighted by atomic mass is 16.5. The summed E-state index contributed by atoms with van der Waals surface area (Å²) in [6.45, 7) is 4.05. The molecule has 0 bridgehead atoms. The molecule has 3 rings (SSSR count). The normalized spacial score (nSPS) is 20.9. The molecule has 1 fully saturated rings. The van der Waals surface area contributed by atoms with E-state index in [0.29, 0.717) is 5.88 Å². The summed E-state index contributed by atoms with van der Waals surface area (Å²) in [7, 11) is 1.61. The number of hydrogen-bond donors (Lipinski definition) is 1. The summed E-state index contributed by atoms with van der Waals surface area (Å²) in [5, 5.41) is 10.2. The zero-order chi connectivity index (χ0) is 17.0. The highest BCUT2D eigenvalue weighted by Gasteiger charge is 2.36. The molecule has 0 spiro atoms. The van der Waals surface area contributed by atoms with Gasteiger partial charge in [0.2, 0.25) is 5.88 Å². The number of piperidine rings is 1. The van der Waals surface area contributed by atoms with E-state index >= 15 is 0 Å². The van der Waals surface area contributed by atoms with Crippen molar-refractivity contribution >= 4 is 5.82 Å². The van der Waals surface area contributed by atoms with Gasteiger partial charge >= 0.3 is 0 Å². The van der Waals surface area contributed by atoms with Gasteiger partial charge in [-0.25, -0.2) is 9.97 Å². The van der Waals surface area contributed by atoms with Crippen LogP contribution in [0.25, 0.3) is 0 Å². The Balaban J connectivity index is 1.82. The number of nitrogens with zero attached hydrogens (tertiary/aromatic N) is 3. The quantitative estimate of drug-likeness (QED) is 0.915. The first-order valence-corrected chi connectivity index (χ1v) is 8.42. The van der Waals surface area contributed by atoms with Gasteiger partial charge in [0.25, 0.3) is 0 Å². The number of benzene rings is 1. The maximum absolute atomic E-state index is 10.2. The van der Waals surface area contributed by atoms with E-state index in [0.717, 1.165) is 38.2 Å². The molecule has 2 heterocycles. The van der Waals surface area contributed by atoms with Crippen LogP contribution in [0.4, 0.5) is 5.82 Å². The summed E-state index contributed by atoms with van der Waals surface area (Å²) in [5.74, 6) is 1.43. The average molecular weight is 327 g/mol. The Morgan fingerprint density at radius 1 is 1.29 bits per heavy atom. The Morgan fingerprint density at radius 3 is 2.88 bits per heavy atom. The SMILES string of the molecule is COc1cc(N2CCC[C@@](CO)(Cc3ccccc3C)C2)ncn1. The van der Waals surface area contributed by atoms with Crippen LogP contribution in [-0.2, 0) is 6.42 Å². The topological polar surface area (TPSA) is 58.5 Å². The van der Waals surface area contributed by atoms with Gasteiger partial charge in [-0.15, -0.1) is 0 Å². The third-order valence-electron chi connectivity index (χ3n) is 4.98. The second kappa shape index (κ2) is 7.18. The van der Waals surface area contributed by atoms with Crippen molar-refractivity contribution in [3.63, 3.8) is 0 Å². The van der Waals surface area contributed by atoms with E-state index in [9.17, 15) is 5.11 Å². The Labute approximate surface area is 143 Å². The van der Waals surface area contributed by atoms with Gasteiger partial charge in [0.05, 0.1) is 13.7 Å². The van der Waals surface area contributed by atoms with Crippen LogP contribution < -0.4 is 9.64 Å². The number of methoxy groups -OCH3 is 1. The van der Waals surface area contributed by atoms with Crippen molar-refractivity contribution in [1.29, 1.82) is 0 Å². The van der Waals surface area contributed by atoms with E-state index in [-0.39, 0.29) is 12.0 Å². The fourth-order valence-corrected chi connectivity index (χ4v) is 3.56. The zero-order valence-electron chi connectivity index (χ0n) is 14.4. The molecule has 24 heavy (non-hydrogen) atoms. The molecule has 5 heteroatoms. The van der Waals surface area contributed by atoms with Gasteiger partial charge in [0.1, 0.15) is 12.1 Å². The number of rotatable bonds is 5. The molecule has 0 radical (unpaired) electrons. The molecule has 1 N–H and O–H groups in total. The van der Waals surface area contributed by atoms with Crippen LogP contribution >= 0.6 is 0 Å². The van der Waals surface area contributed by atoms with E-state index < -0.39 is 0 Å². The number of aryl methyl sites for hydroxylation is 1. The Morgan fingerprint density at radius 2 is 2.12 bits per heavy atom. The summed E-state index contributed by atoms with van der Waals surface area (Å²) in [6.07, 6.45) is 4.48. The molecule has 1 atom stereocenters. The van der Waals surface area contributed by atoms with Crippen LogP contribution in [0.15, 0.2) is 36.7 Å². The number of aromatic nitrogens is 2. The average Bonchev–Trinajstić information content (AvgIpc) is 2.64. The minimum absolute atomic E-state index is 0.136. The first-order valence-electron chi connectivity index (χ1n) is 8.42. The molecule has 1 aromatic heterocycles. The summed E-state index contributed by atoms with van der Waals surface area (Å²) in [6, 6.07) is 10.3. The van der Waals surface area contributed by atoms with E-state index in [2.05, 4.69) is 46.1 Å². The summed E-state index contributed by atoms with van der Waals surface area (Å²) < 4.78 is 5.21. The molecule has 0 amide bonds. The Bertz CT molecular complexity index is 692. The van der Waals surface area contributed by atoms with Crippen molar-refractivity contribution in [2.75, 3.05) is 31.7 Å². The van der Waals surface area contributed by atoms with Crippen molar-refractivity contribution in [2.24, 2.45) is 5.41 Å². The predicted octanol–water partition coefficient (Wildman–Crippen LogP) is 2.62. The smallest absolute Gasteiger partial charge is 0.218 e. The zero-order valence-corrected chi connectivity index (χ0v) is 14.4. The molecule has 5 nitrogen and oxygen atoms in total. The summed E-state index contributed by atoms with van der Waals surface area (Å²) in [4.78, 5) is 10.7. The molecule has 1 aromatic carbocycles. The van der Waals surface area contributed by atoms with Gasteiger partial charge < -0.3 is 14.7 Å². The lowest BCUT2D eigenvalue weighted by molar-refractivity contribution is 0.105. The maximum Gasteiger partial charge on any atom is 0.218 e. The standard InChI is InChI=1S/C19H25N3O2/c1-15-6-3-4-7-16(15)11-19(13-23)8-5-9-22(12-19)17-10-18(24-2)21-14-20-17/h3-4,6-7,10,14,23H,5,8-9,11-13H2,1-2H3/t19-/m1/s1. The van der Waals surface area contributed by atoms with E-state index in [4.69, 9.17) is 4.74 Å². The lowest BCUT2D eigenvalue weighted by Gasteiger charge is -2.42. The van der Waals surface area contributed by atoms with Crippen molar-refractivity contribution < 1.29 is 9.84 Å². The molecule has 0 aliphatic carbocycles. The van der Waals surface area contributed by atoms with Gasteiger partial charge in [0.15, 0.2) is 0 Å². The molecular formula is C19H25N3O2. The van der Waals surface area contributed by atoms with Crippen molar-refractivity contribution in [3.05, 3.63) is 47.8 Å². The van der Waals surface area contributed by atoms with Crippen LogP contribution in [0.3, 0.4) is 0 Å². The fourth-order valence-electron chi connectivity index (χ4n) is 3.56. The van der Waals surface area contributed by atoms with Crippen LogP contribution in [0, 0.1) is 12.3 Å². The number of aliphatic hydroxyl groups is 1. The number of anilines is 1. The molecule has 1 saturated heterocycles. The summed E-state index contributed by atoms with van der Waals surface area (Å²) in [5.41, 5.74) is 2.46. The van der Waals surface area contributed by atoms with E-state index in [1.807, 2.05) is 6.07 Å². The lowest BCUT2D eigenvalue weighted by atomic mass is 9.75. The third kappa shape index (κ3) is 3.51. The number of ether oxygens (including phenoxy) is 1. The second-order valence-electron chi connectivity index (χ2n) is 6.71. The fraction of sp³-hybridized carbons (Fsp3) is 0.474. The highest BCUT2D eigenvalue weighted by Crippen LogP contribution is 2.36. The third-order valence-corrected chi connectivity index (χ3v) is 4.98. The van der Waals surface area contributed by atoms with Crippen LogP contribution in [0.2, 0.25) is 0 Å². The Hall–Kier alpha value is -2.14. The van der Waals surface area contributed by atoms with Crippen LogP contribution in [-0.4, -0.2) is 41.9 Å². The van der Waals surface area contributed by atoms with Crippen LogP contribution in [0.1, 0.15) is 24.0 Å². The van der Waals surface area contributed by atoms with Gasteiger partial charge in [-0.05, 0) is 37.3 Å². The molecule has 1 aliphatic heterocycles. The molecular weight excluding hydrogens is 302 g/mol. The molecule has 0 unspecified atom stereocenters. The van der Waals surface area contributed by atoms with Gasteiger partial charge in [-0.1, -0.05) is 24.3 Å². The van der Waals surface area contributed by atoms with E-state index in [1.54, 1.807) is 7.11 Å². The number of hydrogen-bond acceptors (Lipinski definition) is 5. The monoisotopic (exact) mass is 327 g/mol. The van der Waals surface area contributed by atoms with Crippen molar-refractivity contribution in [3.8, 4) is 5.88 Å². The summed E-state index contributed by atoms with van der Waals surface area (Å²) >= 11 is 0. The van der Waals surface area contributed by atoms with E-state index in [1.165, 1.54) is 17.5 Å². The van der Waals surface area contributed by atoms with Gasteiger partial charge in [0, 0.05) is 24.6 Å². The maximum atomic E-state index is 10.2. The van der Waals surface area contributed by atoms with Gasteiger partial charge in [-0.3, -0.25) is 0 Å².